The van der Waals surface area contributed by atoms with Crippen LogP contribution in [-0.2, 0) is 0 Å². The molecule has 1 atom stereocenters. The maximum Gasteiger partial charge on any atom is 0.248 e. The van der Waals surface area contributed by atoms with Crippen molar-refractivity contribution in [3.05, 3.63) is 29.8 Å². The van der Waals surface area contributed by atoms with Crippen LogP contribution in [0.2, 0.25) is 0 Å². The number of aliphatic hydroxyl groups is 1. The molecule has 1 aromatic carbocycles. The average molecular weight is 221 g/mol. The van der Waals surface area contributed by atoms with E-state index in [1.807, 2.05) is 0 Å². The van der Waals surface area contributed by atoms with Crippen LogP contribution in [-0.4, -0.2) is 23.7 Å². The molecule has 4 heteroatoms. The summed E-state index contributed by atoms with van der Waals surface area (Å²) < 4.78 is 5.40. The van der Waals surface area contributed by atoms with E-state index in [-0.39, 0.29) is 6.10 Å². The molecule has 0 radical (unpaired) electrons. The third-order valence-electron chi connectivity index (χ3n) is 2.73. The van der Waals surface area contributed by atoms with Gasteiger partial charge in [0.25, 0.3) is 0 Å². The lowest BCUT2D eigenvalue weighted by Crippen LogP contribution is -2.19. The zero-order valence-electron chi connectivity index (χ0n) is 8.93. The second-order valence-corrected chi connectivity index (χ2v) is 4.10. The average Bonchev–Trinajstić information content (AvgIpc) is 3.10. The van der Waals surface area contributed by atoms with E-state index in [1.54, 1.807) is 24.3 Å². The van der Waals surface area contributed by atoms with Crippen molar-refractivity contribution in [2.24, 2.45) is 11.7 Å². The molecule has 1 amide bonds. The highest BCUT2D eigenvalue weighted by molar-refractivity contribution is 5.92. The van der Waals surface area contributed by atoms with E-state index in [1.165, 1.54) is 0 Å². The second kappa shape index (κ2) is 4.53. The summed E-state index contributed by atoms with van der Waals surface area (Å²) in [4.78, 5) is 10.8. The molecule has 1 aliphatic rings. The quantitative estimate of drug-likeness (QED) is 0.777. The normalized spacial score (nSPS) is 16.8. The topological polar surface area (TPSA) is 72.6 Å². The summed E-state index contributed by atoms with van der Waals surface area (Å²) in [6.45, 7) is 0.306. The van der Waals surface area contributed by atoms with Crippen molar-refractivity contribution in [2.75, 3.05) is 6.61 Å². The lowest BCUT2D eigenvalue weighted by atomic mass is 10.2. The lowest BCUT2D eigenvalue weighted by molar-refractivity contribution is 0.0893. The Morgan fingerprint density at radius 1 is 1.44 bits per heavy atom. The van der Waals surface area contributed by atoms with Gasteiger partial charge in [0.1, 0.15) is 12.4 Å². The Morgan fingerprint density at radius 3 is 2.56 bits per heavy atom. The molecule has 0 aliphatic heterocycles. The highest BCUT2D eigenvalue weighted by atomic mass is 16.5. The molecule has 16 heavy (non-hydrogen) atoms. The van der Waals surface area contributed by atoms with Crippen LogP contribution in [0.1, 0.15) is 23.2 Å². The van der Waals surface area contributed by atoms with Crippen molar-refractivity contribution in [1.29, 1.82) is 0 Å². The predicted molar refractivity (Wildman–Crippen MR) is 59.2 cm³/mol. The van der Waals surface area contributed by atoms with Crippen LogP contribution < -0.4 is 10.5 Å². The summed E-state index contributed by atoms with van der Waals surface area (Å²) >= 11 is 0. The smallest absolute Gasteiger partial charge is 0.248 e. The van der Waals surface area contributed by atoms with Crippen LogP contribution in [0.15, 0.2) is 24.3 Å². The van der Waals surface area contributed by atoms with Crippen molar-refractivity contribution in [1.82, 2.24) is 0 Å². The molecule has 1 aromatic rings. The molecule has 1 saturated carbocycles. The van der Waals surface area contributed by atoms with Crippen LogP contribution in [0.25, 0.3) is 0 Å². The molecule has 0 saturated heterocycles. The van der Waals surface area contributed by atoms with E-state index in [4.69, 9.17) is 10.5 Å². The van der Waals surface area contributed by atoms with E-state index in [0.717, 1.165) is 12.8 Å². The molecular weight excluding hydrogens is 206 g/mol. The van der Waals surface area contributed by atoms with Crippen molar-refractivity contribution >= 4 is 5.91 Å². The van der Waals surface area contributed by atoms with Gasteiger partial charge in [-0.05, 0) is 43.0 Å². The van der Waals surface area contributed by atoms with E-state index >= 15 is 0 Å². The highest BCUT2D eigenvalue weighted by Gasteiger charge is 2.29. The van der Waals surface area contributed by atoms with Gasteiger partial charge in [-0.25, -0.2) is 0 Å². The molecule has 86 valence electrons. The SMILES string of the molecule is NC(=O)c1ccc(OCC(O)C2CC2)cc1. The fourth-order valence-electron chi connectivity index (χ4n) is 1.51. The van der Waals surface area contributed by atoms with Crippen molar-refractivity contribution < 1.29 is 14.6 Å². The first kappa shape index (κ1) is 11.0. The summed E-state index contributed by atoms with van der Waals surface area (Å²) in [6.07, 6.45) is 1.80. The molecular formula is C12H15NO3. The Bertz CT molecular complexity index is 370. The van der Waals surface area contributed by atoms with Gasteiger partial charge in [0.2, 0.25) is 5.91 Å². The van der Waals surface area contributed by atoms with Crippen LogP contribution in [0.5, 0.6) is 5.75 Å². The molecule has 1 unspecified atom stereocenters. The van der Waals surface area contributed by atoms with E-state index < -0.39 is 5.91 Å². The van der Waals surface area contributed by atoms with Crippen molar-refractivity contribution in [2.45, 2.75) is 18.9 Å². The third-order valence-corrected chi connectivity index (χ3v) is 2.73. The maximum atomic E-state index is 10.8. The van der Waals surface area contributed by atoms with Gasteiger partial charge in [-0.15, -0.1) is 0 Å². The minimum atomic E-state index is -0.454. The molecule has 1 aliphatic carbocycles. The van der Waals surface area contributed by atoms with Gasteiger partial charge in [-0.2, -0.15) is 0 Å². The summed E-state index contributed by atoms with van der Waals surface area (Å²) in [7, 11) is 0. The molecule has 0 heterocycles. The van der Waals surface area contributed by atoms with Crippen LogP contribution in [0.4, 0.5) is 0 Å². The van der Waals surface area contributed by atoms with Gasteiger partial charge < -0.3 is 15.6 Å². The fraction of sp³-hybridized carbons (Fsp3) is 0.417. The highest BCUT2D eigenvalue weighted by Crippen LogP contribution is 2.32. The van der Waals surface area contributed by atoms with Crippen molar-refractivity contribution in [3.8, 4) is 5.75 Å². The summed E-state index contributed by atoms with van der Waals surface area (Å²) in [5.74, 6) is 0.596. The minimum absolute atomic E-state index is 0.306. The molecule has 0 spiro atoms. The summed E-state index contributed by atoms with van der Waals surface area (Å²) in [5, 5.41) is 9.59. The summed E-state index contributed by atoms with van der Waals surface area (Å²) in [6, 6.07) is 6.59. The van der Waals surface area contributed by atoms with Crippen molar-refractivity contribution in [3.63, 3.8) is 0 Å². The number of carbonyl (C=O) groups excluding carboxylic acids is 1. The van der Waals surface area contributed by atoms with Gasteiger partial charge >= 0.3 is 0 Å². The first-order valence-corrected chi connectivity index (χ1v) is 5.37. The lowest BCUT2D eigenvalue weighted by Gasteiger charge is -2.11. The Morgan fingerprint density at radius 2 is 2.06 bits per heavy atom. The molecule has 3 N–H and O–H groups in total. The number of benzene rings is 1. The van der Waals surface area contributed by atoms with Crippen LogP contribution in [0, 0.1) is 5.92 Å². The van der Waals surface area contributed by atoms with Crippen LogP contribution >= 0.6 is 0 Å². The summed E-state index contributed by atoms with van der Waals surface area (Å²) in [5.41, 5.74) is 5.57. The first-order chi connectivity index (χ1) is 7.66. The fourth-order valence-corrected chi connectivity index (χ4v) is 1.51. The largest absolute Gasteiger partial charge is 0.491 e. The number of nitrogens with two attached hydrogens (primary N) is 1. The molecule has 0 aromatic heterocycles. The first-order valence-electron chi connectivity index (χ1n) is 5.37. The number of aliphatic hydroxyl groups excluding tert-OH is 1. The third kappa shape index (κ3) is 2.73. The second-order valence-electron chi connectivity index (χ2n) is 4.10. The van der Waals surface area contributed by atoms with Gasteiger partial charge in [-0.1, -0.05) is 0 Å². The zero-order chi connectivity index (χ0) is 11.5. The standard InChI is InChI=1S/C12H15NO3/c13-12(15)9-3-5-10(6-4-9)16-7-11(14)8-1-2-8/h3-6,8,11,14H,1-2,7H2,(H2,13,15). The maximum absolute atomic E-state index is 10.8. The number of amides is 1. The molecule has 2 rings (SSSR count). The predicted octanol–water partition coefficient (Wildman–Crippen LogP) is 0.935. The number of primary amides is 1. The number of hydrogen-bond donors (Lipinski definition) is 2. The molecule has 0 bridgehead atoms. The number of rotatable bonds is 5. The van der Waals surface area contributed by atoms with Crippen LogP contribution in [0.3, 0.4) is 0 Å². The molecule has 4 nitrogen and oxygen atoms in total. The Hall–Kier alpha value is -1.55. The zero-order valence-corrected chi connectivity index (χ0v) is 8.93. The Balaban J connectivity index is 1.86. The minimum Gasteiger partial charge on any atom is -0.491 e. The van der Waals surface area contributed by atoms with E-state index in [9.17, 15) is 9.90 Å². The Kier molecular flexibility index (Phi) is 3.10. The van der Waals surface area contributed by atoms with E-state index in [2.05, 4.69) is 0 Å². The Labute approximate surface area is 94.0 Å². The molecule has 1 fully saturated rings. The number of carbonyl (C=O) groups is 1. The van der Waals surface area contributed by atoms with E-state index in [0.29, 0.717) is 23.8 Å². The number of hydrogen-bond acceptors (Lipinski definition) is 3. The van der Waals surface area contributed by atoms with Gasteiger partial charge in [-0.3, -0.25) is 4.79 Å². The monoisotopic (exact) mass is 221 g/mol. The van der Waals surface area contributed by atoms with Gasteiger partial charge in [0, 0.05) is 5.56 Å². The van der Waals surface area contributed by atoms with Gasteiger partial charge in [0.05, 0.1) is 6.10 Å². The van der Waals surface area contributed by atoms with Gasteiger partial charge in [0.15, 0.2) is 0 Å². The number of ether oxygens (including phenoxy) is 1.